The quantitative estimate of drug-likeness (QED) is 0.632. The fraction of sp³-hybridized carbons (Fsp3) is 0.462. The average molecular weight is 438 g/mol. The fourth-order valence-electron chi connectivity index (χ4n) is 4.80. The zero-order chi connectivity index (χ0) is 23.5. The second-order valence-electron chi connectivity index (χ2n) is 10.1. The van der Waals surface area contributed by atoms with Crippen LogP contribution in [0.15, 0.2) is 42.5 Å². The lowest BCUT2D eigenvalue weighted by atomic mass is 9.79. The Kier molecular flexibility index (Phi) is 6.94. The van der Waals surface area contributed by atoms with Gasteiger partial charge in [-0.3, -0.25) is 9.59 Å². The van der Waals surface area contributed by atoms with E-state index in [-0.39, 0.29) is 35.4 Å². The lowest BCUT2D eigenvalue weighted by Crippen LogP contribution is -2.62. The molecule has 0 unspecified atom stereocenters. The lowest BCUT2D eigenvalue weighted by molar-refractivity contribution is -0.115. The molecule has 0 saturated carbocycles. The van der Waals surface area contributed by atoms with Gasteiger partial charge in [0, 0.05) is 34.4 Å². The standard InChI is InChI=1S/C26H35N3O3/c1-17-10-11-20(14-22(17)32-6)27-23(30)13-18-8-7-9-19(12-18)24(31)28-21-15-25(2,3)29-26(4,5)16-21/h7-12,14,21,29H,13,15-16H2,1-6H3,(H,27,30)(H,28,31). The van der Waals surface area contributed by atoms with Crippen molar-refractivity contribution in [2.75, 3.05) is 12.4 Å². The Bertz CT molecular complexity index is 982. The van der Waals surface area contributed by atoms with E-state index in [0.29, 0.717) is 11.3 Å². The Hall–Kier alpha value is -2.86. The highest BCUT2D eigenvalue weighted by molar-refractivity contribution is 5.96. The number of amides is 2. The predicted octanol–water partition coefficient (Wildman–Crippen LogP) is 4.22. The van der Waals surface area contributed by atoms with E-state index in [0.717, 1.165) is 29.7 Å². The van der Waals surface area contributed by atoms with Crippen LogP contribution in [-0.2, 0) is 11.2 Å². The predicted molar refractivity (Wildman–Crippen MR) is 128 cm³/mol. The number of benzene rings is 2. The van der Waals surface area contributed by atoms with Crippen LogP contribution in [0, 0.1) is 6.92 Å². The molecule has 1 saturated heterocycles. The maximum Gasteiger partial charge on any atom is 0.251 e. The summed E-state index contributed by atoms with van der Waals surface area (Å²) in [6.45, 7) is 10.6. The SMILES string of the molecule is COc1cc(NC(=O)Cc2cccc(C(=O)NC3CC(C)(C)NC(C)(C)C3)c2)ccc1C. The van der Waals surface area contributed by atoms with Gasteiger partial charge >= 0.3 is 0 Å². The third-order valence-corrected chi connectivity index (χ3v) is 5.77. The highest BCUT2D eigenvalue weighted by Gasteiger charge is 2.38. The van der Waals surface area contributed by atoms with Crippen LogP contribution in [0.4, 0.5) is 5.69 Å². The molecule has 0 atom stereocenters. The molecule has 1 fully saturated rings. The number of hydrogen-bond donors (Lipinski definition) is 3. The van der Waals surface area contributed by atoms with E-state index in [4.69, 9.17) is 4.74 Å². The summed E-state index contributed by atoms with van der Waals surface area (Å²) in [6, 6.07) is 12.9. The fourth-order valence-corrected chi connectivity index (χ4v) is 4.80. The van der Waals surface area contributed by atoms with E-state index < -0.39 is 0 Å². The molecule has 2 aromatic carbocycles. The van der Waals surface area contributed by atoms with Crippen LogP contribution in [0.5, 0.6) is 5.75 Å². The Labute approximate surface area is 191 Å². The average Bonchev–Trinajstić information content (AvgIpc) is 2.67. The van der Waals surface area contributed by atoms with Gasteiger partial charge < -0.3 is 20.7 Å². The minimum absolute atomic E-state index is 0.0434. The first-order chi connectivity index (χ1) is 15.0. The first-order valence-electron chi connectivity index (χ1n) is 11.1. The number of anilines is 1. The van der Waals surface area contributed by atoms with Gasteiger partial charge in [0.25, 0.3) is 5.91 Å². The topological polar surface area (TPSA) is 79.5 Å². The maximum absolute atomic E-state index is 12.9. The molecule has 172 valence electrons. The van der Waals surface area contributed by atoms with Gasteiger partial charge in [0.05, 0.1) is 13.5 Å². The van der Waals surface area contributed by atoms with Crippen LogP contribution in [0.2, 0.25) is 0 Å². The van der Waals surface area contributed by atoms with E-state index in [1.165, 1.54) is 0 Å². The normalized spacial score (nSPS) is 17.4. The van der Waals surface area contributed by atoms with Crippen LogP contribution in [0.1, 0.15) is 62.0 Å². The summed E-state index contributed by atoms with van der Waals surface area (Å²) < 4.78 is 5.32. The van der Waals surface area contributed by atoms with Crippen molar-refractivity contribution in [1.29, 1.82) is 0 Å². The van der Waals surface area contributed by atoms with E-state index in [2.05, 4.69) is 43.6 Å². The number of methoxy groups -OCH3 is 1. The molecule has 32 heavy (non-hydrogen) atoms. The van der Waals surface area contributed by atoms with E-state index in [1.54, 1.807) is 25.3 Å². The molecule has 1 heterocycles. The minimum atomic E-state index is -0.143. The van der Waals surface area contributed by atoms with Crippen LogP contribution >= 0.6 is 0 Å². The summed E-state index contributed by atoms with van der Waals surface area (Å²) in [4.78, 5) is 25.5. The van der Waals surface area contributed by atoms with Crippen molar-refractivity contribution in [2.24, 2.45) is 0 Å². The van der Waals surface area contributed by atoms with Gasteiger partial charge in [0.15, 0.2) is 0 Å². The Balaban J connectivity index is 1.63. The number of aryl methyl sites for hydroxylation is 1. The first-order valence-corrected chi connectivity index (χ1v) is 11.1. The van der Waals surface area contributed by atoms with E-state index in [1.807, 2.05) is 31.2 Å². The number of nitrogens with one attached hydrogen (secondary N) is 3. The van der Waals surface area contributed by atoms with Gasteiger partial charge in [-0.2, -0.15) is 0 Å². The molecule has 1 aliphatic rings. The number of carbonyl (C=O) groups is 2. The summed E-state index contributed by atoms with van der Waals surface area (Å²) in [5.74, 6) is 0.482. The summed E-state index contributed by atoms with van der Waals surface area (Å²) in [6.07, 6.45) is 1.92. The zero-order valence-corrected chi connectivity index (χ0v) is 20.0. The van der Waals surface area contributed by atoms with Crippen molar-refractivity contribution in [1.82, 2.24) is 10.6 Å². The van der Waals surface area contributed by atoms with Gasteiger partial charge in [-0.25, -0.2) is 0 Å². The molecule has 0 aromatic heterocycles. The Morgan fingerprint density at radius 2 is 1.75 bits per heavy atom. The highest BCUT2D eigenvalue weighted by Crippen LogP contribution is 2.28. The largest absolute Gasteiger partial charge is 0.496 e. The summed E-state index contributed by atoms with van der Waals surface area (Å²) >= 11 is 0. The molecule has 2 amide bonds. The minimum Gasteiger partial charge on any atom is -0.496 e. The first kappa shape index (κ1) is 23.8. The van der Waals surface area contributed by atoms with Crippen molar-refractivity contribution in [2.45, 2.75) is 71.0 Å². The molecule has 2 aromatic rings. The smallest absolute Gasteiger partial charge is 0.251 e. The number of ether oxygens (including phenoxy) is 1. The van der Waals surface area contributed by atoms with Gasteiger partial charge in [-0.15, -0.1) is 0 Å². The third kappa shape index (κ3) is 6.33. The lowest BCUT2D eigenvalue weighted by Gasteiger charge is -2.46. The van der Waals surface area contributed by atoms with Crippen LogP contribution in [-0.4, -0.2) is 36.0 Å². The molecule has 0 radical (unpaired) electrons. The van der Waals surface area contributed by atoms with Gasteiger partial charge in [0.1, 0.15) is 5.75 Å². The molecule has 0 spiro atoms. The molecule has 3 rings (SSSR count). The molecule has 3 N–H and O–H groups in total. The molecule has 0 aliphatic carbocycles. The van der Waals surface area contributed by atoms with Crippen molar-refractivity contribution in [3.8, 4) is 5.75 Å². The van der Waals surface area contributed by atoms with Crippen LogP contribution < -0.4 is 20.7 Å². The second-order valence-corrected chi connectivity index (χ2v) is 10.1. The van der Waals surface area contributed by atoms with Crippen molar-refractivity contribution < 1.29 is 14.3 Å². The number of carbonyl (C=O) groups excluding carboxylic acids is 2. The van der Waals surface area contributed by atoms with E-state index >= 15 is 0 Å². The Morgan fingerprint density at radius 3 is 2.41 bits per heavy atom. The Morgan fingerprint density at radius 1 is 1.06 bits per heavy atom. The molecule has 0 bridgehead atoms. The van der Waals surface area contributed by atoms with Crippen molar-refractivity contribution in [3.63, 3.8) is 0 Å². The van der Waals surface area contributed by atoms with Crippen molar-refractivity contribution in [3.05, 3.63) is 59.2 Å². The molecular formula is C26H35N3O3. The van der Waals surface area contributed by atoms with E-state index in [9.17, 15) is 9.59 Å². The molecule has 6 heteroatoms. The third-order valence-electron chi connectivity index (χ3n) is 5.77. The van der Waals surface area contributed by atoms with Gasteiger partial charge in [-0.05, 0) is 76.8 Å². The molecular weight excluding hydrogens is 402 g/mol. The maximum atomic E-state index is 12.9. The molecule has 1 aliphatic heterocycles. The summed E-state index contributed by atoms with van der Waals surface area (Å²) in [7, 11) is 1.61. The van der Waals surface area contributed by atoms with Gasteiger partial charge in [0.2, 0.25) is 5.91 Å². The second kappa shape index (κ2) is 9.33. The molecule has 6 nitrogen and oxygen atoms in total. The van der Waals surface area contributed by atoms with Crippen molar-refractivity contribution >= 4 is 17.5 Å². The van der Waals surface area contributed by atoms with Crippen LogP contribution in [0.25, 0.3) is 0 Å². The monoisotopic (exact) mass is 437 g/mol. The highest BCUT2D eigenvalue weighted by atomic mass is 16.5. The number of hydrogen-bond acceptors (Lipinski definition) is 4. The zero-order valence-electron chi connectivity index (χ0n) is 20.0. The van der Waals surface area contributed by atoms with Crippen LogP contribution in [0.3, 0.4) is 0 Å². The summed E-state index contributed by atoms with van der Waals surface area (Å²) in [5, 5.41) is 9.72. The number of piperidine rings is 1. The summed E-state index contributed by atoms with van der Waals surface area (Å²) in [5.41, 5.74) is 2.96. The number of rotatable bonds is 6. The van der Waals surface area contributed by atoms with Gasteiger partial charge in [-0.1, -0.05) is 18.2 Å².